The Hall–Kier alpha value is -1.76. The van der Waals surface area contributed by atoms with E-state index < -0.39 is 24.9 Å². The number of carbonyl (C=O) groups is 1. The maximum Gasteiger partial charge on any atom is 0.411 e. The predicted molar refractivity (Wildman–Crippen MR) is 52.6 cm³/mol. The minimum Gasteiger partial charge on any atom is -0.547 e. The van der Waals surface area contributed by atoms with E-state index in [0.717, 1.165) is 0 Å². The van der Waals surface area contributed by atoms with Gasteiger partial charge in [0.2, 0.25) is 0 Å². The Morgan fingerprint density at radius 1 is 1.33 bits per heavy atom. The molecule has 0 amide bonds. The second-order valence-electron chi connectivity index (χ2n) is 3.60. The fourth-order valence-electron chi connectivity index (χ4n) is 1.25. The molecule has 7 heteroatoms. The molecule has 0 spiro atoms. The number of carboxylic acid groups (broad SMARTS) is 1. The van der Waals surface area contributed by atoms with Crippen LogP contribution in [0.4, 0.5) is 13.2 Å². The highest BCUT2D eigenvalue weighted by Gasteiger charge is 2.29. The molecule has 0 aliphatic heterocycles. The summed E-state index contributed by atoms with van der Waals surface area (Å²) in [5.41, 5.74) is 0.421. The first-order valence-electron chi connectivity index (χ1n) is 4.95. The van der Waals surface area contributed by atoms with E-state index in [9.17, 15) is 23.1 Å². The van der Waals surface area contributed by atoms with Gasteiger partial charge in [-0.25, -0.2) is 0 Å². The van der Waals surface area contributed by atoms with Crippen molar-refractivity contribution < 1.29 is 32.9 Å². The Morgan fingerprint density at radius 2 is 1.89 bits per heavy atom. The number of alkyl halides is 3. The van der Waals surface area contributed by atoms with Gasteiger partial charge in [-0.05, 0) is 17.7 Å². The quantitative estimate of drug-likeness (QED) is 0.846. The van der Waals surface area contributed by atoms with Gasteiger partial charge in [0, 0.05) is 6.42 Å². The number of aromatic hydroxyl groups is 1. The van der Waals surface area contributed by atoms with Gasteiger partial charge in [0.1, 0.15) is 18.5 Å². The molecular formula is C11H10F3O4-. The summed E-state index contributed by atoms with van der Waals surface area (Å²) in [5.74, 6) is -1.74. The van der Waals surface area contributed by atoms with E-state index in [1.807, 2.05) is 0 Å². The average molecular weight is 263 g/mol. The molecule has 1 atom stereocenters. The number of phenolic OH excluding ortho intramolecular Hbond substituents is 1. The summed E-state index contributed by atoms with van der Waals surface area (Å²) >= 11 is 0. The van der Waals surface area contributed by atoms with E-state index in [0.29, 0.717) is 5.56 Å². The number of hydrogen-bond donors (Lipinski definition) is 1. The van der Waals surface area contributed by atoms with E-state index in [2.05, 4.69) is 4.74 Å². The standard InChI is InChI=1S/C11H11F3O4/c12-11(13,14)6-18-9(10(16)17)5-7-1-3-8(15)4-2-7/h1-4,9,15H,5-6H2,(H,16,17)/p-1. The molecule has 1 aromatic rings. The van der Waals surface area contributed by atoms with Crippen LogP contribution in [-0.2, 0) is 16.0 Å². The molecule has 0 bridgehead atoms. The van der Waals surface area contributed by atoms with E-state index in [4.69, 9.17) is 5.11 Å². The number of carbonyl (C=O) groups excluding carboxylic acids is 1. The van der Waals surface area contributed by atoms with Crippen molar-refractivity contribution >= 4 is 5.97 Å². The highest BCUT2D eigenvalue weighted by atomic mass is 19.4. The molecule has 0 aromatic heterocycles. The first-order valence-corrected chi connectivity index (χ1v) is 4.95. The zero-order chi connectivity index (χ0) is 13.8. The monoisotopic (exact) mass is 263 g/mol. The normalized spacial score (nSPS) is 13.3. The van der Waals surface area contributed by atoms with Crippen LogP contribution in [-0.4, -0.2) is 30.0 Å². The van der Waals surface area contributed by atoms with Crippen LogP contribution >= 0.6 is 0 Å². The predicted octanol–water partition coefficient (Wildman–Crippen LogP) is 0.632. The molecular weight excluding hydrogens is 253 g/mol. The van der Waals surface area contributed by atoms with Gasteiger partial charge in [-0.3, -0.25) is 0 Å². The number of halogens is 3. The van der Waals surface area contributed by atoms with Crippen LogP contribution in [0.15, 0.2) is 24.3 Å². The highest BCUT2D eigenvalue weighted by molar-refractivity contribution is 5.70. The lowest BCUT2D eigenvalue weighted by Crippen LogP contribution is -2.40. The zero-order valence-corrected chi connectivity index (χ0v) is 9.11. The number of hydrogen-bond acceptors (Lipinski definition) is 4. The molecule has 0 heterocycles. The molecule has 100 valence electrons. The van der Waals surface area contributed by atoms with Gasteiger partial charge >= 0.3 is 6.18 Å². The van der Waals surface area contributed by atoms with Crippen molar-refractivity contribution in [3.63, 3.8) is 0 Å². The van der Waals surface area contributed by atoms with Crippen LogP contribution in [0.2, 0.25) is 0 Å². The van der Waals surface area contributed by atoms with Crippen molar-refractivity contribution in [3.8, 4) is 5.75 Å². The van der Waals surface area contributed by atoms with E-state index in [1.165, 1.54) is 24.3 Å². The second kappa shape index (κ2) is 5.72. The van der Waals surface area contributed by atoms with Crippen molar-refractivity contribution in [1.82, 2.24) is 0 Å². The van der Waals surface area contributed by atoms with Gasteiger partial charge in [-0.1, -0.05) is 12.1 Å². The molecule has 1 rings (SSSR count). The molecule has 0 saturated carbocycles. The third kappa shape index (κ3) is 5.05. The lowest BCUT2D eigenvalue weighted by Gasteiger charge is -2.19. The molecule has 1 unspecified atom stereocenters. The summed E-state index contributed by atoms with van der Waals surface area (Å²) in [6.07, 6.45) is -6.54. The fourth-order valence-corrected chi connectivity index (χ4v) is 1.25. The average Bonchev–Trinajstić information content (AvgIpc) is 2.25. The van der Waals surface area contributed by atoms with Crippen molar-refractivity contribution in [1.29, 1.82) is 0 Å². The molecule has 0 fully saturated rings. The molecule has 0 radical (unpaired) electrons. The van der Waals surface area contributed by atoms with E-state index in [1.54, 1.807) is 0 Å². The van der Waals surface area contributed by atoms with Crippen molar-refractivity contribution in [2.75, 3.05) is 6.61 Å². The lowest BCUT2D eigenvalue weighted by molar-refractivity contribution is -0.319. The van der Waals surface area contributed by atoms with Gasteiger partial charge in [0.05, 0.1) is 5.97 Å². The third-order valence-electron chi connectivity index (χ3n) is 2.07. The van der Waals surface area contributed by atoms with Gasteiger partial charge < -0.3 is 19.7 Å². The fraction of sp³-hybridized carbons (Fsp3) is 0.364. The van der Waals surface area contributed by atoms with Gasteiger partial charge in [0.25, 0.3) is 0 Å². The Bertz CT molecular complexity index is 400. The first-order chi connectivity index (χ1) is 8.28. The number of benzene rings is 1. The van der Waals surface area contributed by atoms with Crippen LogP contribution in [0.5, 0.6) is 5.75 Å². The summed E-state index contributed by atoms with van der Waals surface area (Å²) in [7, 11) is 0. The molecule has 1 N–H and O–H groups in total. The molecule has 0 aliphatic rings. The molecule has 1 aromatic carbocycles. The summed E-state index contributed by atoms with van der Waals surface area (Å²) in [6, 6.07) is 5.38. The topological polar surface area (TPSA) is 69.6 Å². The maximum absolute atomic E-state index is 11.9. The van der Waals surface area contributed by atoms with Crippen LogP contribution in [0.25, 0.3) is 0 Å². The van der Waals surface area contributed by atoms with Gasteiger partial charge in [-0.15, -0.1) is 0 Å². The number of phenols is 1. The summed E-state index contributed by atoms with van der Waals surface area (Å²) in [5, 5.41) is 19.6. The van der Waals surface area contributed by atoms with Crippen LogP contribution in [0, 0.1) is 0 Å². The zero-order valence-electron chi connectivity index (χ0n) is 9.11. The summed E-state index contributed by atoms with van der Waals surface area (Å²) in [6.45, 7) is -1.65. The Morgan fingerprint density at radius 3 is 2.33 bits per heavy atom. The maximum atomic E-state index is 11.9. The Kier molecular flexibility index (Phi) is 4.55. The summed E-state index contributed by atoms with van der Waals surface area (Å²) in [4.78, 5) is 10.6. The number of rotatable bonds is 5. The first kappa shape index (κ1) is 14.3. The van der Waals surface area contributed by atoms with Gasteiger partial charge in [-0.2, -0.15) is 13.2 Å². The van der Waals surface area contributed by atoms with E-state index >= 15 is 0 Å². The van der Waals surface area contributed by atoms with E-state index in [-0.39, 0.29) is 12.2 Å². The Labute approximate surface area is 101 Å². The lowest BCUT2D eigenvalue weighted by atomic mass is 10.1. The number of aliphatic carboxylic acids is 1. The molecule has 0 saturated heterocycles. The van der Waals surface area contributed by atoms with Crippen LogP contribution in [0.3, 0.4) is 0 Å². The van der Waals surface area contributed by atoms with Crippen LogP contribution in [0.1, 0.15) is 5.56 Å². The molecule has 4 nitrogen and oxygen atoms in total. The van der Waals surface area contributed by atoms with Crippen molar-refractivity contribution in [3.05, 3.63) is 29.8 Å². The third-order valence-corrected chi connectivity index (χ3v) is 2.07. The van der Waals surface area contributed by atoms with Gasteiger partial charge in [0.15, 0.2) is 0 Å². The van der Waals surface area contributed by atoms with Crippen molar-refractivity contribution in [2.45, 2.75) is 18.7 Å². The SMILES string of the molecule is O=C([O-])C(Cc1ccc(O)cc1)OCC(F)(F)F. The largest absolute Gasteiger partial charge is 0.547 e. The second-order valence-corrected chi connectivity index (χ2v) is 3.60. The minimum absolute atomic E-state index is 0.0278. The van der Waals surface area contributed by atoms with Crippen molar-refractivity contribution in [2.24, 2.45) is 0 Å². The number of ether oxygens (including phenoxy) is 1. The Balaban J connectivity index is 2.63. The molecule has 0 aliphatic carbocycles. The minimum atomic E-state index is -4.59. The molecule has 18 heavy (non-hydrogen) atoms. The summed E-state index contributed by atoms with van der Waals surface area (Å²) < 4.78 is 40.0. The smallest absolute Gasteiger partial charge is 0.411 e. The highest BCUT2D eigenvalue weighted by Crippen LogP contribution is 2.17. The van der Waals surface area contributed by atoms with Crippen LogP contribution < -0.4 is 5.11 Å². The number of carboxylic acids is 1.